The summed E-state index contributed by atoms with van der Waals surface area (Å²) in [4.78, 5) is 0. The maximum absolute atomic E-state index is 5.53. The number of methoxy groups -OCH3 is 1. The van der Waals surface area contributed by atoms with Gasteiger partial charge >= 0.3 is 0 Å². The minimum atomic E-state index is 0.670. The van der Waals surface area contributed by atoms with Crippen molar-refractivity contribution in [3.63, 3.8) is 0 Å². The zero-order valence-corrected chi connectivity index (χ0v) is 12.0. The predicted octanol–water partition coefficient (Wildman–Crippen LogP) is 2.96. The van der Waals surface area contributed by atoms with Crippen LogP contribution >= 0.6 is 0 Å². The summed E-state index contributed by atoms with van der Waals surface area (Å²) in [5, 5.41) is 4.77. The quantitative estimate of drug-likeness (QED) is 0.896. The van der Waals surface area contributed by atoms with Crippen LogP contribution in [0.3, 0.4) is 0 Å². The first-order chi connectivity index (χ1) is 9.24. The third kappa shape index (κ3) is 1.93. The van der Waals surface area contributed by atoms with Crippen molar-refractivity contribution in [3.05, 3.63) is 29.5 Å². The van der Waals surface area contributed by atoms with E-state index < -0.39 is 0 Å². The van der Waals surface area contributed by atoms with Crippen LogP contribution in [-0.4, -0.2) is 24.8 Å². The first-order valence-corrected chi connectivity index (χ1v) is 7.06. The number of rotatable bonds is 2. The molecule has 1 fully saturated rings. The Hall–Kier alpha value is -1.48. The van der Waals surface area contributed by atoms with Gasteiger partial charge in [0.05, 0.1) is 12.6 Å². The van der Waals surface area contributed by atoms with E-state index in [4.69, 9.17) is 4.74 Å². The molecule has 0 saturated carbocycles. The molecule has 1 aromatic carbocycles. The number of hydrogen-bond donors (Lipinski definition) is 1. The summed E-state index contributed by atoms with van der Waals surface area (Å²) in [5.41, 5.74) is 4.14. The van der Waals surface area contributed by atoms with Crippen LogP contribution in [0.2, 0.25) is 0 Å². The van der Waals surface area contributed by atoms with E-state index in [9.17, 15) is 0 Å². The maximum Gasteiger partial charge on any atom is 0.143 e. The van der Waals surface area contributed by atoms with E-state index in [1.165, 1.54) is 35.0 Å². The highest BCUT2D eigenvalue weighted by Crippen LogP contribution is 2.37. The molecular weight excluding hydrogens is 236 g/mol. The van der Waals surface area contributed by atoms with Crippen LogP contribution in [0.15, 0.2) is 18.2 Å². The normalized spacial score (nSPS) is 17.0. The Labute approximate surface area is 114 Å². The van der Waals surface area contributed by atoms with Gasteiger partial charge in [0, 0.05) is 24.0 Å². The molecule has 0 unspecified atom stereocenters. The van der Waals surface area contributed by atoms with Crippen molar-refractivity contribution >= 4 is 10.9 Å². The van der Waals surface area contributed by atoms with Gasteiger partial charge in [0.1, 0.15) is 5.75 Å². The van der Waals surface area contributed by atoms with Crippen LogP contribution < -0.4 is 10.1 Å². The summed E-state index contributed by atoms with van der Waals surface area (Å²) in [5.74, 6) is 1.65. The Kier molecular flexibility index (Phi) is 3.23. The minimum absolute atomic E-state index is 0.670. The number of fused-ring (bicyclic) bond motifs is 1. The fourth-order valence-corrected chi connectivity index (χ4v) is 3.52. The van der Waals surface area contributed by atoms with Gasteiger partial charge in [-0.25, -0.2) is 0 Å². The van der Waals surface area contributed by atoms with Gasteiger partial charge in [-0.1, -0.05) is 12.1 Å². The molecule has 0 bridgehead atoms. The van der Waals surface area contributed by atoms with Gasteiger partial charge in [-0.3, -0.25) is 0 Å². The van der Waals surface area contributed by atoms with Crippen molar-refractivity contribution in [2.24, 2.45) is 7.05 Å². The van der Waals surface area contributed by atoms with Crippen molar-refractivity contribution < 1.29 is 4.74 Å². The molecule has 2 aromatic rings. The number of para-hydroxylation sites is 1. The molecule has 1 saturated heterocycles. The largest absolute Gasteiger partial charge is 0.495 e. The number of nitrogens with one attached hydrogen (secondary N) is 1. The molecule has 3 nitrogen and oxygen atoms in total. The van der Waals surface area contributed by atoms with Crippen molar-refractivity contribution in [1.82, 2.24) is 9.88 Å². The number of piperidine rings is 1. The molecular formula is C16H22N2O. The van der Waals surface area contributed by atoms with Crippen molar-refractivity contribution in [2.75, 3.05) is 20.2 Å². The number of aromatic nitrogens is 1. The van der Waals surface area contributed by atoms with Crippen LogP contribution in [-0.2, 0) is 7.05 Å². The second kappa shape index (κ2) is 4.89. The number of benzene rings is 1. The second-order valence-electron chi connectivity index (χ2n) is 5.45. The predicted molar refractivity (Wildman–Crippen MR) is 79.1 cm³/mol. The van der Waals surface area contributed by atoms with Gasteiger partial charge in [0.25, 0.3) is 0 Å². The van der Waals surface area contributed by atoms with Gasteiger partial charge in [-0.15, -0.1) is 0 Å². The molecule has 1 aliphatic heterocycles. The number of aryl methyl sites for hydroxylation is 2. The van der Waals surface area contributed by atoms with E-state index in [0.29, 0.717) is 5.92 Å². The molecule has 19 heavy (non-hydrogen) atoms. The summed E-state index contributed by atoms with van der Waals surface area (Å²) in [6.07, 6.45) is 2.46. The van der Waals surface area contributed by atoms with E-state index >= 15 is 0 Å². The van der Waals surface area contributed by atoms with Crippen molar-refractivity contribution in [2.45, 2.75) is 25.7 Å². The van der Waals surface area contributed by atoms with Crippen LogP contribution in [0, 0.1) is 6.92 Å². The highest BCUT2D eigenvalue weighted by Gasteiger charge is 2.23. The van der Waals surface area contributed by atoms with E-state index in [2.05, 4.69) is 36.0 Å². The van der Waals surface area contributed by atoms with E-state index in [-0.39, 0.29) is 0 Å². The first-order valence-electron chi connectivity index (χ1n) is 7.06. The Balaban J connectivity index is 2.19. The molecule has 1 N–H and O–H groups in total. The Morgan fingerprint density at radius 2 is 2.00 bits per heavy atom. The maximum atomic E-state index is 5.53. The summed E-state index contributed by atoms with van der Waals surface area (Å²) in [6, 6.07) is 6.34. The highest BCUT2D eigenvalue weighted by atomic mass is 16.5. The SMILES string of the molecule is COc1cccc2c(C)c(C3CCNCC3)n(C)c12. The highest BCUT2D eigenvalue weighted by molar-refractivity contribution is 5.90. The smallest absolute Gasteiger partial charge is 0.143 e. The minimum Gasteiger partial charge on any atom is -0.495 e. The average Bonchev–Trinajstić information content (AvgIpc) is 2.72. The molecule has 3 heteroatoms. The van der Waals surface area contributed by atoms with E-state index in [0.717, 1.165) is 18.8 Å². The summed E-state index contributed by atoms with van der Waals surface area (Å²) in [7, 11) is 3.93. The molecule has 0 atom stereocenters. The molecule has 1 aromatic heterocycles. The van der Waals surface area contributed by atoms with Crippen LogP contribution in [0.25, 0.3) is 10.9 Å². The number of hydrogen-bond acceptors (Lipinski definition) is 2. The average molecular weight is 258 g/mol. The fourth-order valence-electron chi connectivity index (χ4n) is 3.52. The Bertz CT molecular complexity index is 594. The number of ether oxygens (including phenoxy) is 1. The zero-order chi connectivity index (χ0) is 13.4. The number of nitrogens with zero attached hydrogens (tertiary/aromatic N) is 1. The lowest BCUT2D eigenvalue weighted by Gasteiger charge is -2.24. The monoisotopic (exact) mass is 258 g/mol. The molecule has 1 aliphatic rings. The van der Waals surface area contributed by atoms with E-state index in [1.54, 1.807) is 7.11 Å². The van der Waals surface area contributed by atoms with Crippen molar-refractivity contribution in [3.8, 4) is 5.75 Å². The lowest BCUT2D eigenvalue weighted by atomic mass is 9.92. The van der Waals surface area contributed by atoms with Gasteiger partial charge in [-0.2, -0.15) is 0 Å². The van der Waals surface area contributed by atoms with Gasteiger partial charge in [0.2, 0.25) is 0 Å². The van der Waals surface area contributed by atoms with E-state index in [1.807, 2.05) is 6.07 Å². The molecule has 0 amide bonds. The van der Waals surface area contributed by atoms with Crippen molar-refractivity contribution in [1.29, 1.82) is 0 Å². The molecule has 2 heterocycles. The van der Waals surface area contributed by atoms with Crippen LogP contribution in [0.1, 0.15) is 30.0 Å². The molecule has 0 radical (unpaired) electrons. The fraction of sp³-hybridized carbons (Fsp3) is 0.500. The summed E-state index contributed by atoms with van der Waals surface area (Å²) < 4.78 is 7.88. The zero-order valence-electron chi connectivity index (χ0n) is 12.0. The Morgan fingerprint density at radius 1 is 1.26 bits per heavy atom. The molecule has 0 spiro atoms. The third-order valence-electron chi connectivity index (χ3n) is 4.43. The first kappa shape index (κ1) is 12.5. The second-order valence-corrected chi connectivity index (χ2v) is 5.45. The molecule has 102 valence electrons. The van der Waals surface area contributed by atoms with Crippen LogP contribution in [0.4, 0.5) is 0 Å². The molecule has 3 rings (SSSR count). The molecule has 0 aliphatic carbocycles. The topological polar surface area (TPSA) is 26.2 Å². The standard InChI is InChI=1S/C16H22N2O/c1-11-13-5-4-6-14(19-3)16(13)18(2)15(11)12-7-9-17-10-8-12/h4-6,12,17H,7-10H2,1-3H3. The van der Waals surface area contributed by atoms with Gasteiger partial charge in [-0.05, 0) is 44.5 Å². The van der Waals surface area contributed by atoms with Gasteiger partial charge < -0.3 is 14.6 Å². The summed E-state index contributed by atoms with van der Waals surface area (Å²) >= 11 is 0. The summed E-state index contributed by atoms with van der Waals surface area (Å²) in [6.45, 7) is 4.50. The Morgan fingerprint density at radius 3 is 2.68 bits per heavy atom. The van der Waals surface area contributed by atoms with Crippen LogP contribution in [0.5, 0.6) is 5.75 Å². The lowest BCUT2D eigenvalue weighted by molar-refractivity contribution is 0.416. The van der Waals surface area contributed by atoms with Gasteiger partial charge in [0.15, 0.2) is 0 Å². The third-order valence-corrected chi connectivity index (χ3v) is 4.43. The lowest BCUT2D eigenvalue weighted by Crippen LogP contribution is -2.27.